The SMILES string of the molecule is CC1=CCCN(C(=O)Nc2ccc(C(=O)O)cc2O)C1. The summed E-state index contributed by atoms with van der Waals surface area (Å²) in [5.74, 6) is -1.39. The summed E-state index contributed by atoms with van der Waals surface area (Å²) >= 11 is 0. The van der Waals surface area contributed by atoms with Gasteiger partial charge in [0.1, 0.15) is 5.75 Å². The van der Waals surface area contributed by atoms with E-state index < -0.39 is 5.97 Å². The van der Waals surface area contributed by atoms with Crippen molar-refractivity contribution in [2.24, 2.45) is 0 Å². The number of aromatic hydroxyl groups is 1. The second-order valence-electron chi connectivity index (χ2n) is 4.73. The van der Waals surface area contributed by atoms with Gasteiger partial charge in [0.2, 0.25) is 0 Å². The van der Waals surface area contributed by atoms with Crippen LogP contribution in [0, 0.1) is 0 Å². The van der Waals surface area contributed by atoms with Gasteiger partial charge >= 0.3 is 12.0 Å². The monoisotopic (exact) mass is 276 g/mol. The number of benzene rings is 1. The van der Waals surface area contributed by atoms with E-state index in [-0.39, 0.29) is 23.0 Å². The zero-order chi connectivity index (χ0) is 14.7. The van der Waals surface area contributed by atoms with Crippen LogP contribution in [0.1, 0.15) is 23.7 Å². The first kappa shape index (κ1) is 13.9. The van der Waals surface area contributed by atoms with Crippen molar-refractivity contribution < 1.29 is 19.8 Å². The minimum Gasteiger partial charge on any atom is -0.506 e. The lowest BCUT2D eigenvalue weighted by atomic mass is 10.1. The number of amides is 2. The van der Waals surface area contributed by atoms with Gasteiger partial charge in [-0.25, -0.2) is 9.59 Å². The Morgan fingerprint density at radius 3 is 2.70 bits per heavy atom. The van der Waals surface area contributed by atoms with Crippen molar-refractivity contribution in [2.75, 3.05) is 18.4 Å². The molecule has 1 heterocycles. The molecule has 0 radical (unpaired) electrons. The fourth-order valence-electron chi connectivity index (χ4n) is 2.05. The number of carbonyl (C=O) groups excluding carboxylic acids is 1. The second-order valence-corrected chi connectivity index (χ2v) is 4.73. The molecular formula is C14H16N2O4. The molecule has 20 heavy (non-hydrogen) atoms. The third-order valence-electron chi connectivity index (χ3n) is 3.11. The summed E-state index contributed by atoms with van der Waals surface area (Å²) in [6.45, 7) is 3.13. The van der Waals surface area contributed by atoms with E-state index in [0.717, 1.165) is 18.1 Å². The largest absolute Gasteiger partial charge is 0.506 e. The summed E-state index contributed by atoms with van der Waals surface area (Å²) in [6, 6.07) is 3.51. The molecule has 1 aromatic carbocycles. The zero-order valence-electron chi connectivity index (χ0n) is 11.1. The van der Waals surface area contributed by atoms with Crippen LogP contribution in [0.3, 0.4) is 0 Å². The number of phenols is 1. The summed E-state index contributed by atoms with van der Waals surface area (Å²) in [5.41, 5.74) is 1.29. The van der Waals surface area contributed by atoms with Gasteiger partial charge in [-0.1, -0.05) is 11.6 Å². The van der Waals surface area contributed by atoms with Crippen molar-refractivity contribution in [1.29, 1.82) is 0 Å². The first-order chi connectivity index (χ1) is 9.47. The molecule has 6 nitrogen and oxygen atoms in total. The number of hydrogen-bond donors (Lipinski definition) is 3. The number of hydrogen-bond acceptors (Lipinski definition) is 3. The van der Waals surface area contributed by atoms with Crippen LogP contribution in [0.15, 0.2) is 29.8 Å². The van der Waals surface area contributed by atoms with Crippen molar-refractivity contribution >= 4 is 17.7 Å². The maximum atomic E-state index is 12.0. The summed E-state index contributed by atoms with van der Waals surface area (Å²) < 4.78 is 0. The molecule has 106 valence electrons. The first-order valence-corrected chi connectivity index (χ1v) is 6.25. The number of carboxylic acid groups (broad SMARTS) is 1. The molecular weight excluding hydrogens is 260 g/mol. The molecule has 1 aliphatic heterocycles. The number of rotatable bonds is 2. The van der Waals surface area contributed by atoms with E-state index in [2.05, 4.69) is 11.4 Å². The van der Waals surface area contributed by atoms with E-state index in [1.807, 2.05) is 6.92 Å². The normalized spacial score (nSPS) is 14.7. The Labute approximate surface area is 116 Å². The number of urea groups is 1. The van der Waals surface area contributed by atoms with Crippen LogP contribution in [0.2, 0.25) is 0 Å². The number of anilines is 1. The highest BCUT2D eigenvalue weighted by molar-refractivity contribution is 5.93. The predicted octanol–water partition coefficient (Wildman–Crippen LogP) is 2.27. The summed E-state index contributed by atoms with van der Waals surface area (Å²) in [7, 11) is 0. The van der Waals surface area contributed by atoms with Gasteiger partial charge in [0.15, 0.2) is 0 Å². The Kier molecular flexibility index (Phi) is 3.93. The molecule has 2 amide bonds. The van der Waals surface area contributed by atoms with Crippen LogP contribution in [0.5, 0.6) is 5.75 Å². The van der Waals surface area contributed by atoms with E-state index >= 15 is 0 Å². The highest BCUT2D eigenvalue weighted by Gasteiger charge is 2.18. The van der Waals surface area contributed by atoms with Gasteiger partial charge in [-0.05, 0) is 31.5 Å². The highest BCUT2D eigenvalue weighted by atomic mass is 16.4. The molecule has 1 aromatic rings. The number of nitrogens with zero attached hydrogens (tertiary/aromatic N) is 1. The Bertz CT molecular complexity index is 581. The van der Waals surface area contributed by atoms with Crippen molar-refractivity contribution in [3.05, 3.63) is 35.4 Å². The fraction of sp³-hybridized carbons (Fsp3) is 0.286. The minimum absolute atomic E-state index is 0.0303. The number of carbonyl (C=O) groups is 2. The molecule has 0 spiro atoms. The standard InChI is InChI=1S/C14H16N2O4/c1-9-3-2-6-16(8-9)14(20)15-11-5-4-10(13(18)19)7-12(11)17/h3-5,7,17H,2,6,8H2,1H3,(H,15,20)(H,18,19). The van der Waals surface area contributed by atoms with Crippen LogP contribution in [-0.4, -0.2) is 40.2 Å². The van der Waals surface area contributed by atoms with E-state index in [1.165, 1.54) is 12.1 Å². The average molecular weight is 276 g/mol. The minimum atomic E-state index is -1.13. The van der Waals surface area contributed by atoms with Gasteiger partial charge in [-0.15, -0.1) is 0 Å². The molecule has 0 atom stereocenters. The maximum Gasteiger partial charge on any atom is 0.335 e. The molecule has 0 unspecified atom stereocenters. The van der Waals surface area contributed by atoms with E-state index in [1.54, 1.807) is 4.90 Å². The lowest BCUT2D eigenvalue weighted by Gasteiger charge is -2.26. The maximum absolute atomic E-state index is 12.0. The van der Waals surface area contributed by atoms with Gasteiger partial charge in [-0.3, -0.25) is 0 Å². The number of carboxylic acids is 1. The molecule has 0 aromatic heterocycles. The van der Waals surface area contributed by atoms with Crippen LogP contribution in [0.25, 0.3) is 0 Å². The first-order valence-electron chi connectivity index (χ1n) is 6.25. The average Bonchev–Trinajstić information content (AvgIpc) is 2.40. The number of aromatic carboxylic acids is 1. The zero-order valence-corrected chi connectivity index (χ0v) is 11.1. The summed E-state index contributed by atoms with van der Waals surface area (Å²) in [5, 5.41) is 21.1. The van der Waals surface area contributed by atoms with Gasteiger partial charge in [-0.2, -0.15) is 0 Å². The fourth-order valence-corrected chi connectivity index (χ4v) is 2.05. The molecule has 0 fully saturated rings. The molecule has 3 N–H and O–H groups in total. The Hall–Kier alpha value is -2.50. The topological polar surface area (TPSA) is 89.9 Å². The highest BCUT2D eigenvalue weighted by Crippen LogP contribution is 2.25. The molecule has 0 aliphatic carbocycles. The number of nitrogens with one attached hydrogen (secondary N) is 1. The summed E-state index contributed by atoms with van der Waals surface area (Å²) in [6.07, 6.45) is 2.89. The van der Waals surface area contributed by atoms with Crippen molar-refractivity contribution in [1.82, 2.24) is 4.90 Å². The molecule has 0 bridgehead atoms. The third-order valence-corrected chi connectivity index (χ3v) is 3.11. The lowest BCUT2D eigenvalue weighted by molar-refractivity contribution is 0.0696. The molecule has 0 saturated carbocycles. The van der Waals surface area contributed by atoms with E-state index in [4.69, 9.17) is 5.11 Å². The Morgan fingerprint density at radius 1 is 1.35 bits per heavy atom. The second kappa shape index (κ2) is 5.64. The summed E-state index contributed by atoms with van der Waals surface area (Å²) in [4.78, 5) is 24.4. The molecule has 0 saturated heterocycles. The molecule has 1 aliphatic rings. The molecule has 2 rings (SSSR count). The molecule has 6 heteroatoms. The third kappa shape index (κ3) is 3.09. The van der Waals surface area contributed by atoms with Gasteiger partial charge in [0.05, 0.1) is 11.3 Å². The van der Waals surface area contributed by atoms with Crippen molar-refractivity contribution in [2.45, 2.75) is 13.3 Å². The van der Waals surface area contributed by atoms with Crippen LogP contribution in [0.4, 0.5) is 10.5 Å². The predicted molar refractivity (Wildman–Crippen MR) is 74.0 cm³/mol. The number of phenolic OH excluding ortho intramolecular Hbond substituents is 1. The van der Waals surface area contributed by atoms with Crippen LogP contribution >= 0.6 is 0 Å². The van der Waals surface area contributed by atoms with Crippen LogP contribution in [-0.2, 0) is 0 Å². The van der Waals surface area contributed by atoms with Crippen molar-refractivity contribution in [3.8, 4) is 5.75 Å². The van der Waals surface area contributed by atoms with E-state index in [0.29, 0.717) is 13.1 Å². The Balaban J connectivity index is 2.08. The van der Waals surface area contributed by atoms with E-state index in [9.17, 15) is 14.7 Å². The van der Waals surface area contributed by atoms with Gasteiger partial charge in [0, 0.05) is 13.1 Å². The van der Waals surface area contributed by atoms with Crippen LogP contribution < -0.4 is 5.32 Å². The smallest absolute Gasteiger partial charge is 0.335 e. The Morgan fingerprint density at radius 2 is 2.10 bits per heavy atom. The van der Waals surface area contributed by atoms with Gasteiger partial charge < -0.3 is 20.4 Å². The van der Waals surface area contributed by atoms with Gasteiger partial charge in [0.25, 0.3) is 0 Å². The quantitative estimate of drug-likeness (QED) is 0.571. The van der Waals surface area contributed by atoms with Crippen molar-refractivity contribution in [3.63, 3.8) is 0 Å². The lowest BCUT2D eigenvalue weighted by Crippen LogP contribution is -2.38.